The van der Waals surface area contributed by atoms with E-state index in [4.69, 9.17) is 0 Å². The Labute approximate surface area is 103 Å². The Kier molecular flexibility index (Phi) is 3.12. The van der Waals surface area contributed by atoms with Crippen molar-refractivity contribution in [3.05, 3.63) is 0 Å². The predicted molar refractivity (Wildman–Crippen MR) is 65.4 cm³/mol. The average Bonchev–Trinajstić information content (AvgIpc) is 3.12. The van der Waals surface area contributed by atoms with Crippen molar-refractivity contribution in [1.29, 1.82) is 0 Å². The summed E-state index contributed by atoms with van der Waals surface area (Å²) in [7, 11) is 0. The van der Waals surface area contributed by atoms with Gasteiger partial charge in [-0.2, -0.15) is 0 Å². The molecule has 0 aromatic rings. The molecule has 1 N–H and O–H groups in total. The van der Waals surface area contributed by atoms with Crippen molar-refractivity contribution in [3.63, 3.8) is 0 Å². The highest BCUT2D eigenvalue weighted by Crippen LogP contribution is 2.56. The van der Waals surface area contributed by atoms with Gasteiger partial charge in [0.2, 0.25) is 5.91 Å². The second-order valence-electron chi connectivity index (χ2n) is 6.00. The SMILES string of the molecule is O=C(C1C2CCCCC21)N1CCCC[C@H]1CO. The van der Waals surface area contributed by atoms with Crippen molar-refractivity contribution in [2.24, 2.45) is 17.8 Å². The number of likely N-dealkylation sites (tertiary alicyclic amines) is 1. The Hall–Kier alpha value is -0.570. The zero-order valence-electron chi connectivity index (χ0n) is 10.5. The highest BCUT2D eigenvalue weighted by atomic mass is 16.3. The first-order chi connectivity index (χ1) is 8.33. The fourth-order valence-electron chi connectivity index (χ4n) is 4.03. The van der Waals surface area contributed by atoms with Gasteiger partial charge >= 0.3 is 0 Å². The Morgan fingerprint density at radius 2 is 1.71 bits per heavy atom. The molecule has 0 aromatic heterocycles. The number of carbonyl (C=O) groups excluding carboxylic acids is 1. The number of hydrogen-bond acceptors (Lipinski definition) is 2. The lowest BCUT2D eigenvalue weighted by Gasteiger charge is -2.35. The summed E-state index contributed by atoms with van der Waals surface area (Å²) in [6.45, 7) is 1.02. The van der Waals surface area contributed by atoms with E-state index in [9.17, 15) is 9.90 Å². The fraction of sp³-hybridized carbons (Fsp3) is 0.929. The molecule has 0 aromatic carbocycles. The molecular weight excluding hydrogens is 214 g/mol. The zero-order valence-corrected chi connectivity index (χ0v) is 10.5. The van der Waals surface area contributed by atoms with Gasteiger partial charge in [0.25, 0.3) is 0 Å². The topological polar surface area (TPSA) is 40.5 Å². The van der Waals surface area contributed by atoms with Crippen LogP contribution >= 0.6 is 0 Å². The monoisotopic (exact) mass is 237 g/mol. The lowest BCUT2D eigenvalue weighted by Crippen LogP contribution is -2.46. The summed E-state index contributed by atoms with van der Waals surface area (Å²) in [5.41, 5.74) is 0. The molecule has 0 spiro atoms. The van der Waals surface area contributed by atoms with Crippen molar-refractivity contribution < 1.29 is 9.90 Å². The minimum atomic E-state index is 0.110. The van der Waals surface area contributed by atoms with Crippen LogP contribution in [0.3, 0.4) is 0 Å². The van der Waals surface area contributed by atoms with E-state index in [0.29, 0.717) is 23.7 Å². The lowest BCUT2D eigenvalue weighted by molar-refractivity contribution is -0.138. The Morgan fingerprint density at radius 3 is 2.35 bits per heavy atom. The van der Waals surface area contributed by atoms with Gasteiger partial charge < -0.3 is 10.0 Å². The predicted octanol–water partition coefficient (Wildman–Crippen LogP) is 1.80. The van der Waals surface area contributed by atoms with E-state index in [1.807, 2.05) is 4.90 Å². The Morgan fingerprint density at radius 1 is 1.06 bits per heavy atom. The fourth-order valence-corrected chi connectivity index (χ4v) is 4.03. The molecule has 96 valence electrons. The third-order valence-electron chi connectivity index (χ3n) is 5.06. The molecule has 2 aliphatic carbocycles. The van der Waals surface area contributed by atoms with E-state index < -0.39 is 0 Å². The van der Waals surface area contributed by atoms with Crippen molar-refractivity contribution in [2.75, 3.05) is 13.2 Å². The standard InChI is InChI=1S/C14H23NO2/c16-9-10-5-3-4-8-15(10)14(17)13-11-6-1-2-7-12(11)13/h10-13,16H,1-9H2/t10-,11?,12?,13?/m0/s1. The number of carbonyl (C=O) groups is 1. The number of rotatable bonds is 2. The molecule has 0 radical (unpaired) electrons. The van der Waals surface area contributed by atoms with Gasteiger partial charge in [0.1, 0.15) is 0 Å². The molecule has 0 bridgehead atoms. The van der Waals surface area contributed by atoms with Crippen molar-refractivity contribution >= 4 is 5.91 Å². The third-order valence-corrected chi connectivity index (χ3v) is 5.06. The maximum atomic E-state index is 12.5. The van der Waals surface area contributed by atoms with Crippen molar-refractivity contribution in [1.82, 2.24) is 4.90 Å². The van der Waals surface area contributed by atoms with E-state index in [2.05, 4.69) is 0 Å². The molecule has 3 aliphatic rings. The van der Waals surface area contributed by atoms with Crippen LogP contribution < -0.4 is 0 Å². The summed E-state index contributed by atoms with van der Waals surface area (Å²) in [4.78, 5) is 14.5. The molecule has 3 rings (SSSR count). The molecule has 1 heterocycles. The Bertz CT molecular complexity index is 293. The highest BCUT2D eigenvalue weighted by Gasteiger charge is 2.56. The maximum Gasteiger partial charge on any atom is 0.226 e. The van der Waals surface area contributed by atoms with E-state index in [1.165, 1.54) is 25.7 Å². The van der Waals surface area contributed by atoms with Gasteiger partial charge in [0.15, 0.2) is 0 Å². The molecular formula is C14H23NO2. The number of piperidine rings is 1. The van der Waals surface area contributed by atoms with Crippen molar-refractivity contribution in [3.8, 4) is 0 Å². The largest absolute Gasteiger partial charge is 0.394 e. The van der Waals surface area contributed by atoms with Gasteiger partial charge in [-0.1, -0.05) is 12.8 Å². The molecule has 2 unspecified atom stereocenters. The minimum Gasteiger partial charge on any atom is -0.394 e. The molecule has 2 saturated carbocycles. The van der Waals surface area contributed by atoms with E-state index >= 15 is 0 Å². The van der Waals surface area contributed by atoms with Crippen LogP contribution in [0.1, 0.15) is 44.9 Å². The zero-order chi connectivity index (χ0) is 11.8. The highest BCUT2D eigenvalue weighted by molar-refractivity contribution is 5.82. The van der Waals surface area contributed by atoms with Gasteiger partial charge in [0.05, 0.1) is 12.6 Å². The summed E-state index contributed by atoms with van der Waals surface area (Å²) in [5.74, 6) is 2.07. The van der Waals surface area contributed by atoms with E-state index in [-0.39, 0.29) is 12.6 Å². The summed E-state index contributed by atoms with van der Waals surface area (Å²) < 4.78 is 0. The van der Waals surface area contributed by atoms with Crippen LogP contribution in [0, 0.1) is 17.8 Å². The van der Waals surface area contributed by atoms with Crippen LogP contribution in [0.4, 0.5) is 0 Å². The van der Waals surface area contributed by atoms with E-state index in [0.717, 1.165) is 25.8 Å². The van der Waals surface area contributed by atoms with Crippen LogP contribution in [0.2, 0.25) is 0 Å². The first-order valence-corrected chi connectivity index (χ1v) is 7.24. The second-order valence-corrected chi connectivity index (χ2v) is 6.00. The van der Waals surface area contributed by atoms with Crippen LogP contribution in [-0.4, -0.2) is 35.1 Å². The number of aliphatic hydroxyl groups excluding tert-OH is 1. The summed E-state index contributed by atoms with van der Waals surface area (Å²) in [5, 5.41) is 9.38. The van der Waals surface area contributed by atoms with Crippen LogP contribution in [0.15, 0.2) is 0 Å². The van der Waals surface area contributed by atoms with Gasteiger partial charge in [-0.05, 0) is 43.9 Å². The molecule has 1 saturated heterocycles. The molecule has 3 atom stereocenters. The smallest absolute Gasteiger partial charge is 0.226 e. The van der Waals surface area contributed by atoms with Gasteiger partial charge in [-0.15, -0.1) is 0 Å². The number of hydrogen-bond donors (Lipinski definition) is 1. The molecule has 3 heteroatoms. The molecule has 3 nitrogen and oxygen atoms in total. The van der Waals surface area contributed by atoms with Crippen molar-refractivity contribution in [2.45, 2.75) is 51.0 Å². The summed E-state index contributed by atoms with van der Waals surface area (Å²) in [6, 6.07) is 0.110. The Balaban J connectivity index is 1.65. The first-order valence-electron chi connectivity index (χ1n) is 7.24. The first kappa shape index (κ1) is 11.5. The number of fused-ring (bicyclic) bond motifs is 1. The number of aliphatic hydroxyl groups is 1. The van der Waals surface area contributed by atoms with Crippen LogP contribution in [0.5, 0.6) is 0 Å². The van der Waals surface area contributed by atoms with Crippen LogP contribution in [0.25, 0.3) is 0 Å². The number of amides is 1. The quantitative estimate of drug-likeness (QED) is 0.795. The van der Waals surface area contributed by atoms with Gasteiger partial charge in [-0.3, -0.25) is 4.79 Å². The molecule has 17 heavy (non-hydrogen) atoms. The molecule has 1 amide bonds. The van der Waals surface area contributed by atoms with Crippen LogP contribution in [-0.2, 0) is 4.79 Å². The molecule has 3 fully saturated rings. The summed E-state index contributed by atoms with van der Waals surface area (Å²) >= 11 is 0. The van der Waals surface area contributed by atoms with E-state index in [1.54, 1.807) is 0 Å². The maximum absolute atomic E-state index is 12.5. The number of nitrogens with zero attached hydrogens (tertiary/aromatic N) is 1. The normalized spacial score (nSPS) is 40.9. The average molecular weight is 237 g/mol. The second kappa shape index (κ2) is 4.60. The third kappa shape index (κ3) is 1.99. The van der Waals surface area contributed by atoms with Gasteiger partial charge in [0, 0.05) is 12.5 Å². The molecule has 1 aliphatic heterocycles. The van der Waals surface area contributed by atoms with Gasteiger partial charge in [-0.25, -0.2) is 0 Å². The minimum absolute atomic E-state index is 0.110. The summed E-state index contributed by atoms with van der Waals surface area (Å²) in [6.07, 6.45) is 8.42. The lowest BCUT2D eigenvalue weighted by atomic mass is 10.0.